The highest BCUT2D eigenvalue weighted by atomic mass is 32.2. The highest BCUT2D eigenvalue weighted by Gasteiger charge is 2.26. The van der Waals surface area contributed by atoms with Crippen LogP contribution in [0, 0.1) is 0 Å². The average molecular weight is 373 g/mol. The summed E-state index contributed by atoms with van der Waals surface area (Å²) in [5.41, 5.74) is 1.27. The van der Waals surface area contributed by atoms with E-state index in [1.807, 2.05) is 19.1 Å². The molecule has 0 unspecified atom stereocenters. The Bertz CT molecular complexity index is 863. The number of piperidine rings is 1. The van der Waals surface area contributed by atoms with Crippen molar-refractivity contribution in [2.75, 3.05) is 13.1 Å². The summed E-state index contributed by atoms with van der Waals surface area (Å²) >= 11 is 0. The summed E-state index contributed by atoms with van der Waals surface area (Å²) in [6, 6.07) is 9.72. The number of amides is 1. The predicted molar refractivity (Wildman–Crippen MR) is 99.2 cm³/mol. The summed E-state index contributed by atoms with van der Waals surface area (Å²) < 4.78 is 27.1. The monoisotopic (exact) mass is 373 g/mol. The van der Waals surface area contributed by atoms with Crippen molar-refractivity contribution in [3.8, 4) is 0 Å². The number of carbonyl (C=O) groups is 1. The van der Waals surface area contributed by atoms with E-state index in [0.29, 0.717) is 18.7 Å². The van der Waals surface area contributed by atoms with Gasteiger partial charge in [-0.15, -0.1) is 0 Å². The molecule has 1 aromatic heterocycles. The van der Waals surface area contributed by atoms with E-state index in [2.05, 4.69) is 10.3 Å². The van der Waals surface area contributed by atoms with Crippen LogP contribution in [0.25, 0.3) is 0 Å². The van der Waals surface area contributed by atoms with Crippen molar-refractivity contribution in [1.29, 1.82) is 0 Å². The zero-order valence-electron chi connectivity index (χ0n) is 14.8. The van der Waals surface area contributed by atoms with Crippen molar-refractivity contribution >= 4 is 15.9 Å². The number of nitrogens with zero attached hydrogens (tertiary/aromatic N) is 2. The Morgan fingerprint density at radius 1 is 1.12 bits per heavy atom. The average Bonchev–Trinajstić information content (AvgIpc) is 2.69. The smallest absolute Gasteiger partial charge is 0.251 e. The Hall–Kier alpha value is -2.25. The Balaban J connectivity index is 1.77. The molecule has 1 amide bonds. The summed E-state index contributed by atoms with van der Waals surface area (Å²) in [5.74, 6) is -0.301. The van der Waals surface area contributed by atoms with Gasteiger partial charge in [0, 0.05) is 31.0 Å². The maximum absolute atomic E-state index is 12.8. The summed E-state index contributed by atoms with van der Waals surface area (Å²) in [5, 5.41) is 2.90. The fourth-order valence-electron chi connectivity index (χ4n) is 3.07. The number of carbonyl (C=O) groups excluding carboxylic acids is 1. The van der Waals surface area contributed by atoms with Crippen molar-refractivity contribution in [2.45, 2.75) is 37.1 Å². The van der Waals surface area contributed by atoms with E-state index >= 15 is 0 Å². The molecule has 2 heterocycles. The minimum Gasteiger partial charge on any atom is -0.346 e. The van der Waals surface area contributed by atoms with Gasteiger partial charge in [-0.25, -0.2) is 8.42 Å². The van der Waals surface area contributed by atoms with Gasteiger partial charge in [0.15, 0.2) is 0 Å². The second-order valence-corrected chi connectivity index (χ2v) is 8.41. The van der Waals surface area contributed by atoms with Gasteiger partial charge in [-0.2, -0.15) is 4.31 Å². The number of benzene rings is 1. The zero-order valence-corrected chi connectivity index (χ0v) is 15.6. The number of aromatic nitrogens is 1. The molecule has 0 spiro atoms. The molecule has 1 aromatic carbocycles. The Morgan fingerprint density at radius 2 is 1.81 bits per heavy atom. The molecule has 1 N–H and O–H groups in total. The molecule has 0 aliphatic carbocycles. The second-order valence-electron chi connectivity index (χ2n) is 6.47. The SMILES string of the molecule is C[C@H](NC(=O)c1cccc(S(=O)(=O)N2CCCCC2)c1)c1ccncc1. The maximum atomic E-state index is 12.8. The number of nitrogens with one attached hydrogen (secondary N) is 1. The van der Waals surface area contributed by atoms with Crippen LogP contribution in [0.1, 0.15) is 48.1 Å². The van der Waals surface area contributed by atoms with Gasteiger partial charge in [-0.1, -0.05) is 12.5 Å². The summed E-state index contributed by atoms with van der Waals surface area (Å²) in [4.78, 5) is 16.7. The highest BCUT2D eigenvalue weighted by molar-refractivity contribution is 7.89. The summed E-state index contributed by atoms with van der Waals surface area (Å²) in [6.45, 7) is 2.96. The lowest BCUT2D eigenvalue weighted by Gasteiger charge is -2.26. The molecule has 7 heteroatoms. The van der Waals surface area contributed by atoms with E-state index in [0.717, 1.165) is 24.8 Å². The molecular weight excluding hydrogens is 350 g/mol. The first-order chi connectivity index (χ1) is 12.5. The van der Waals surface area contributed by atoms with E-state index in [9.17, 15) is 13.2 Å². The molecule has 1 aliphatic rings. The number of pyridine rings is 1. The normalized spacial score (nSPS) is 16.8. The Labute approximate surface area is 154 Å². The largest absolute Gasteiger partial charge is 0.346 e. The topological polar surface area (TPSA) is 79.4 Å². The Kier molecular flexibility index (Phi) is 5.68. The third-order valence-electron chi connectivity index (χ3n) is 4.60. The van der Waals surface area contributed by atoms with Crippen LogP contribution in [0.15, 0.2) is 53.7 Å². The molecule has 6 nitrogen and oxygen atoms in total. The van der Waals surface area contributed by atoms with Crippen LogP contribution in [0.3, 0.4) is 0 Å². The van der Waals surface area contributed by atoms with Gasteiger partial charge in [0.25, 0.3) is 5.91 Å². The summed E-state index contributed by atoms with van der Waals surface area (Å²) in [6.07, 6.45) is 6.15. The molecule has 26 heavy (non-hydrogen) atoms. The molecular formula is C19H23N3O3S. The number of rotatable bonds is 5. The van der Waals surface area contributed by atoms with E-state index < -0.39 is 10.0 Å². The molecule has 0 bridgehead atoms. The van der Waals surface area contributed by atoms with Gasteiger partial charge in [0.1, 0.15) is 0 Å². The van der Waals surface area contributed by atoms with Crippen LogP contribution in [-0.2, 0) is 10.0 Å². The van der Waals surface area contributed by atoms with Crippen molar-refractivity contribution in [1.82, 2.24) is 14.6 Å². The minimum atomic E-state index is -3.55. The van der Waals surface area contributed by atoms with Gasteiger partial charge < -0.3 is 5.32 Å². The van der Waals surface area contributed by atoms with Crippen molar-refractivity contribution in [2.24, 2.45) is 0 Å². The molecule has 0 radical (unpaired) electrons. The van der Waals surface area contributed by atoms with Crippen LogP contribution in [-0.4, -0.2) is 36.7 Å². The van der Waals surface area contributed by atoms with Crippen molar-refractivity contribution in [3.63, 3.8) is 0 Å². The van der Waals surface area contributed by atoms with E-state index in [1.54, 1.807) is 30.6 Å². The van der Waals surface area contributed by atoms with Crippen molar-refractivity contribution < 1.29 is 13.2 Å². The van der Waals surface area contributed by atoms with Gasteiger partial charge in [0.05, 0.1) is 10.9 Å². The van der Waals surface area contributed by atoms with Crippen molar-refractivity contribution in [3.05, 3.63) is 59.9 Å². The van der Waals surface area contributed by atoms with Gasteiger partial charge in [-0.3, -0.25) is 9.78 Å². The van der Waals surface area contributed by atoms with Crippen LogP contribution < -0.4 is 5.32 Å². The first kappa shape index (κ1) is 18.5. The molecule has 1 atom stereocenters. The van der Waals surface area contributed by atoms with Crippen LogP contribution in [0.2, 0.25) is 0 Å². The number of sulfonamides is 1. The van der Waals surface area contributed by atoms with Gasteiger partial charge >= 0.3 is 0 Å². The molecule has 1 fully saturated rings. The highest BCUT2D eigenvalue weighted by Crippen LogP contribution is 2.21. The van der Waals surface area contributed by atoms with Gasteiger partial charge in [0.2, 0.25) is 10.0 Å². The van der Waals surface area contributed by atoms with Crippen LogP contribution >= 0.6 is 0 Å². The lowest BCUT2D eigenvalue weighted by Crippen LogP contribution is -2.35. The lowest BCUT2D eigenvalue weighted by atomic mass is 10.1. The third-order valence-corrected chi connectivity index (χ3v) is 6.50. The fraction of sp³-hybridized carbons (Fsp3) is 0.368. The summed E-state index contributed by atoms with van der Waals surface area (Å²) in [7, 11) is -3.55. The quantitative estimate of drug-likeness (QED) is 0.874. The predicted octanol–water partition coefficient (Wildman–Crippen LogP) is 2.75. The minimum absolute atomic E-state index is 0.170. The molecule has 138 valence electrons. The maximum Gasteiger partial charge on any atom is 0.251 e. The number of hydrogen-bond donors (Lipinski definition) is 1. The zero-order chi connectivity index (χ0) is 18.6. The lowest BCUT2D eigenvalue weighted by molar-refractivity contribution is 0.0939. The van der Waals surface area contributed by atoms with Crippen LogP contribution in [0.5, 0.6) is 0 Å². The van der Waals surface area contributed by atoms with Gasteiger partial charge in [-0.05, 0) is 55.7 Å². The molecule has 2 aromatic rings. The van der Waals surface area contributed by atoms with Crippen LogP contribution in [0.4, 0.5) is 0 Å². The first-order valence-electron chi connectivity index (χ1n) is 8.79. The Morgan fingerprint density at radius 3 is 2.50 bits per heavy atom. The van der Waals surface area contributed by atoms with E-state index in [1.165, 1.54) is 10.4 Å². The van der Waals surface area contributed by atoms with E-state index in [4.69, 9.17) is 0 Å². The fourth-order valence-corrected chi connectivity index (χ4v) is 4.63. The standard InChI is InChI=1S/C19H23N3O3S/c1-15(16-8-10-20-11-9-16)21-19(23)17-6-5-7-18(14-17)26(24,25)22-12-3-2-4-13-22/h5-11,14-15H,2-4,12-13H2,1H3,(H,21,23)/t15-/m0/s1. The third kappa shape index (κ3) is 4.11. The second kappa shape index (κ2) is 7.97. The van der Waals surface area contributed by atoms with E-state index in [-0.39, 0.29) is 16.8 Å². The first-order valence-corrected chi connectivity index (χ1v) is 10.2. The molecule has 1 aliphatic heterocycles. The molecule has 3 rings (SSSR count). The molecule has 1 saturated heterocycles. The molecule has 0 saturated carbocycles. The number of hydrogen-bond acceptors (Lipinski definition) is 4.